The summed E-state index contributed by atoms with van der Waals surface area (Å²) in [6, 6.07) is -1.52. The van der Waals surface area contributed by atoms with Crippen LogP contribution in [0.3, 0.4) is 0 Å². The molecule has 1 aliphatic heterocycles. The van der Waals surface area contributed by atoms with E-state index in [1.54, 1.807) is 19.9 Å². The Morgan fingerprint density at radius 1 is 0.810 bits per heavy atom. The molecule has 0 radical (unpaired) electrons. The first kappa shape index (κ1) is 54.1. The molecule has 15 nitrogen and oxygen atoms in total. The summed E-state index contributed by atoms with van der Waals surface area (Å²) < 4.78 is 51.8. The van der Waals surface area contributed by atoms with Gasteiger partial charge in [-0.2, -0.15) is 13.2 Å². The first-order valence-electron chi connectivity index (χ1n) is 21.6. The van der Waals surface area contributed by atoms with Crippen molar-refractivity contribution < 1.29 is 56.2 Å². The molecule has 10 atom stereocenters. The summed E-state index contributed by atoms with van der Waals surface area (Å²) in [5, 5.41) is 7.89. The molecule has 0 aliphatic carbocycles. The number of rotatable bonds is 8. The standard InChI is InChI=1S/C45H69F3N6O9/c1-13-25(5)37-40(57)51-30(10)44(61)63-38(26(6)14-2)28(8)33(49)20-15-27(7)43(60)62-35(21-24(3)4)39(56)50-29(9)41(58)54(12)34(42(59)53(11)23-36(55)52-37)22-31-16-18-32(19-17-31)45(46,47)48/h15-19,24-26,28-30,33-35,37-38H,13-14,20-23,49H2,1-12H3,(H,50,56)(H,51,57)(H,52,55)/b27-15+/t25?,26-,28-,29-,30+,33-,34+,35+,37-,38+/m0/s1. The van der Waals surface area contributed by atoms with Gasteiger partial charge >= 0.3 is 18.1 Å². The number of amides is 5. The van der Waals surface area contributed by atoms with E-state index in [2.05, 4.69) is 16.0 Å². The lowest BCUT2D eigenvalue weighted by Crippen LogP contribution is -2.57. The van der Waals surface area contributed by atoms with Gasteiger partial charge in [0.25, 0.3) is 5.91 Å². The maximum atomic E-state index is 14.2. The lowest BCUT2D eigenvalue weighted by atomic mass is 9.85. The predicted octanol–water partition coefficient (Wildman–Crippen LogP) is 4.30. The molecule has 0 fully saturated rings. The molecule has 63 heavy (non-hydrogen) atoms. The van der Waals surface area contributed by atoms with Crippen LogP contribution in [0.1, 0.15) is 106 Å². The number of hydrogen-bond acceptors (Lipinski definition) is 10. The lowest BCUT2D eigenvalue weighted by Gasteiger charge is -2.34. The number of alkyl halides is 3. The summed E-state index contributed by atoms with van der Waals surface area (Å²) in [5.41, 5.74) is 6.11. The minimum atomic E-state index is -4.62. The summed E-state index contributed by atoms with van der Waals surface area (Å²) in [6.45, 7) is 16.6. The quantitative estimate of drug-likeness (QED) is 0.272. The molecule has 5 amide bonds. The molecule has 0 saturated heterocycles. The van der Waals surface area contributed by atoms with Gasteiger partial charge in [-0.15, -0.1) is 0 Å². The molecule has 1 aromatic rings. The highest BCUT2D eigenvalue weighted by molar-refractivity contribution is 5.96. The molecule has 0 spiro atoms. The first-order valence-corrected chi connectivity index (χ1v) is 21.6. The number of likely N-dealkylation sites (N-methyl/N-ethyl adjacent to an activating group) is 2. The van der Waals surface area contributed by atoms with Crippen molar-refractivity contribution in [3.8, 4) is 0 Å². The van der Waals surface area contributed by atoms with Crippen LogP contribution in [0, 0.1) is 23.7 Å². The van der Waals surface area contributed by atoms with Crippen LogP contribution >= 0.6 is 0 Å². The van der Waals surface area contributed by atoms with Gasteiger partial charge in [-0.3, -0.25) is 24.0 Å². The third-order valence-corrected chi connectivity index (χ3v) is 11.7. The van der Waals surface area contributed by atoms with E-state index >= 15 is 0 Å². The van der Waals surface area contributed by atoms with Crippen molar-refractivity contribution in [2.24, 2.45) is 29.4 Å². The smallest absolute Gasteiger partial charge is 0.416 e. The van der Waals surface area contributed by atoms with E-state index in [0.29, 0.717) is 12.8 Å². The Labute approximate surface area is 369 Å². The van der Waals surface area contributed by atoms with Crippen molar-refractivity contribution in [2.45, 2.75) is 150 Å². The van der Waals surface area contributed by atoms with Gasteiger partial charge in [0.15, 0.2) is 6.10 Å². The Kier molecular flexibility index (Phi) is 20.8. The van der Waals surface area contributed by atoms with Gasteiger partial charge in [0.2, 0.25) is 23.6 Å². The van der Waals surface area contributed by atoms with Crippen LogP contribution in [0.4, 0.5) is 13.2 Å². The number of benzene rings is 1. The Morgan fingerprint density at radius 3 is 1.92 bits per heavy atom. The van der Waals surface area contributed by atoms with Crippen LogP contribution < -0.4 is 21.7 Å². The number of carbonyl (C=O) groups is 7. The number of halogens is 3. The van der Waals surface area contributed by atoms with Crippen LogP contribution in [-0.4, -0.2) is 114 Å². The van der Waals surface area contributed by atoms with Gasteiger partial charge in [-0.05, 0) is 69.1 Å². The lowest BCUT2D eigenvalue weighted by molar-refractivity contribution is -0.158. The summed E-state index contributed by atoms with van der Waals surface area (Å²) in [4.78, 5) is 98.0. The molecule has 354 valence electrons. The van der Waals surface area contributed by atoms with Crippen molar-refractivity contribution in [1.29, 1.82) is 0 Å². The zero-order valence-electron chi connectivity index (χ0n) is 38.8. The van der Waals surface area contributed by atoms with Crippen molar-refractivity contribution >= 4 is 41.5 Å². The average molecular weight is 895 g/mol. The van der Waals surface area contributed by atoms with Crippen molar-refractivity contribution in [1.82, 2.24) is 25.8 Å². The number of ether oxygens (including phenoxy) is 2. The largest absolute Gasteiger partial charge is 0.460 e. The van der Waals surface area contributed by atoms with Gasteiger partial charge in [0.05, 0.1) is 12.1 Å². The summed E-state index contributed by atoms with van der Waals surface area (Å²) in [5.74, 6) is -6.40. The van der Waals surface area contributed by atoms with E-state index in [1.807, 2.05) is 34.6 Å². The third-order valence-electron chi connectivity index (χ3n) is 11.7. The molecule has 0 aromatic heterocycles. The molecule has 1 aliphatic rings. The van der Waals surface area contributed by atoms with Crippen LogP contribution in [0.5, 0.6) is 0 Å². The third kappa shape index (κ3) is 15.9. The Bertz CT molecular complexity index is 1790. The average Bonchev–Trinajstić information content (AvgIpc) is 3.22. The maximum absolute atomic E-state index is 14.2. The van der Waals surface area contributed by atoms with Crippen molar-refractivity contribution in [2.75, 3.05) is 20.6 Å². The fraction of sp³-hybridized carbons (Fsp3) is 0.667. The fourth-order valence-electron chi connectivity index (χ4n) is 7.02. The number of nitrogens with zero attached hydrogens (tertiary/aromatic N) is 2. The zero-order chi connectivity index (χ0) is 48.1. The molecular formula is C45H69F3N6O9. The highest BCUT2D eigenvalue weighted by Crippen LogP contribution is 2.30. The second-order valence-electron chi connectivity index (χ2n) is 17.4. The van der Waals surface area contributed by atoms with Crippen molar-refractivity contribution in [3.05, 3.63) is 47.0 Å². The number of hydrogen-bond donors (Lipinski definition) is 4. The van der Waals surface area contributed by atoms with E-state index in [-0.39, 0.29) is 42.2 Å². The Balaban J connectivity index is 2.66. The molecule has 0 saturated carbocycles. The van der Waals surface area contributed by atoms with E-state index in [4.69, 9.17) is 15.2 Å². The summed E-state index contributed by atoms with van der Waals surface area (Å²) in [6.07, 6.45) is -3.99. The number of nitrogens with one attached hydrogen (secondary N) is 3. The normalized spacial score (nSPS) is 28.3. The molecule has 1 aromatic carbocycles. The van der Waals surface area contributed by atoms with E-state index in [9.17, 15) is 46.7 Å². The van der Waals surface area contributed by atoms with Crippen molar-refractivity contribution in [3.63, 3.8) is 0 Å². The molecule has 5 N–H and O–H groups in total. The van der Waals surface area contributed by atoms with Crippen LogP contribution in [0.15, 0.2) is 35.9 Å². The predicted molar refractivity (Wildman–Crippen MR) is 230 cm³/mol. The molecule has 18 heteroatoms. The minimum Gasteiger partial charge on any atom is -0.460 e. The number of nitrogens with two attached hydrogens (primary N) is 1. The number of carbonyl (C=O) groups excluding carboxylic acids is 7. The molecule has 1 unspecified atom stereocenters. The van der Waals surface area contributed by atoms with Gasteiger partial charge in [0, 0.05) is 38.0 Å². The van der Waals surface area contributed by atoms with Crippen LogP contribution in [0.25, 0.3) is 0 Å². The molecule has 0 bridgehead atoms. The molecular weight excluding hydrogens is 826 g/mol. The minimum absolute atomic E-state index is 0.0960. The fourth-order valence-corrected chi connectivity index (χ4v) is 7.02. The second kappa shape index (κ2) is 24.2. The van der Waals surface area contributed by atoms with Crippen LogP contribution in [0.2, 0.25) is 0 Å². The van der Waals surface area contributed by atoms with Gasteiger partial charge in [-0.25, -0.2) is 9.59 Å². The highest BCUT2D eigenvalue weighted by atomic mass is 19.4. The van der Waals surface area contributed by atoms with Crippen LogP contribution in [-0.2, 0) is 55.6 Å². The SMILES string of the molecule is CCC(C)[C@@H]1NC(=O)CN(C)C(=O)[C@@H](Cc2ccc(C(F)(F)F)cc2)N(C)C(=O)[C@H](C)NC(=O)[C@@H](CC(C)C)OC(=O)/C(C)=C/C[C@H](N)[C@H](C)[C@@H]([C@@H](C)CC)OC(=O)[C@@H](C)NC1=O. The second-order valence-corrected chi connectivity index (χ2v) is 17.4. The number of esters is 2. The topological polar surface area (TPSA) is 207 Å². The first-order chi connectivity index (χ1) is 29.2. The molecule has 1 heterocycles. The van der Waals surface area contributed by atoms with E-state index < -0.39 is 114 Å². The van der Waals surface area contributed by atoms with E-state index in [1.165, 1.54) is 47.0 Å². The maximum Gasteiger partial charge on any atom is 0.416 e. The monoisotopic (exact) mass is 895 g/mol. The zero-order valence-corrected chi connectivity index (χ0v) is 38.8. The number of cyclic esters (lactones) is 2. The Morgan fingerprint density at radius 2 is 1.38 bits per heavy atom. The highest BCUT2D eigenvalue weighted by Gasteiger charge is 2.37. The van der Waals surface area contributed by atoms with Gasteiger partial charge in [-0.1, -0.05) is 79.5 Å². The summed E-state index contributed by atoms with van der Waals surface area (Å²) in [7, 11) is 2.57. The Hall–Kier alpha value is -5.00. The van der Waals surface area contributed by atoms with Gasteiger partial charge in [0.1, 0.15) is 30.3 Å². The van der Waals surface area contributed by atoms with E-state index in [0.717, 1.165) is 21.9 Å². The molecule has 2 rings (SSSR count). The van der Waals surface area contributed by atoms with Gasteiger partial charge < -0.3 is 41.0 Å². The summed E-state index contributed by atoms with van der Waals surface area (Å²) >= 11 is 0.